The standard InChI is InChI=1S/C16H17N3O2S/c1-20-14-7-3-12(4-8-14)11-17-19-16(22)18-13-5-9-15(21-2)10-6-13/h3-11H,1-2H3,(H2,18,19,22)/b17-11-. The second-order valence-electron chi connectivity index (χ2n) is 4.33. The van der Waals surface area contributed by atoms with E-state index in [2.05, 4.69) is 15.8 Å². The molecule has 0 saturated heterocycles. The summed E-state index contributed by atoms with van der Waals surface area (Å²) in [5.41, 5.74) is 4.57. The smallest absolute Gasteiger partial charge is 0.191 e. The van der Waals surface area contributed by atoms with E-state index >= 15 is 0 Å². The first kappa shape index (κ1) is 15.8. The van der Waals surface area contributed by atoms with Gasteiger partial charge in [-0.25, -0.2) is 0 Å². The lowest BCUT2D eigenvalue weighted by atomic mass is 10.2. The Bertz CT molecular complexity index is 639. The van der Waals surface area contributed by atoms with Crippen molar-refractivity contribution >= 4 is 29.2 Å². The van der Waals surface area contributed by atoms with Gasteiger partial charge in [-0.1, -0.05) is 0 Å². The van der Waals surface area contributed by atoms with E-state index in [4.69, 9.17) is 21.7 Å². The summed E-state index contributed by atoms with van der Waals surface area (Å²) in [7, 11) is 3.26. The largest absolute Gasteiger partial charge is 0.497 e. The Balaban J connectivity index is 1.84. The van der Waals surface area contributed by atoms with Crippen molar-refractivity contribution in [2.45, 2.75) is 0 Å². The number of anilines is 1. The molecule has 0 aliphatic heterocycles. The average Bonchev–Trinajstić information content (AvgIpc) is 2.56. The van der Waals surface area contributed by atoms with Crippen molar-refractivity contribution in [2.24, 2.45) is 5.10 Å². The van der Waals surface area contributed by atoms with Crippen LogP contribution in [0.1, 0.15) is 5.56 Å². The summed E-state index contributed by atoms with van der Waals surface area (Å²) in [6.07, 6.45) is 1.68. The highest BCUT2D eigenvalue weighted by Crippen LogP contribution is 2.14. The number of hydrazone groups is 1. The summed E-state index contributed by atoms with van der Waals surface area (Å²) in [4.78, 5) is 0. The molecule has 0 radical (unpaired) electrons. The first-order valence-electron chi connectivity index (χ1n) is 6.59. The zero-order valence-corrected chi connectivity index (χ0v) is 13.2. The molecule has 0 atom stereocenters. The number of rotatable bonds is 5. The lowest BCUT2D eigenvalue weighted by Crippen LogP contribution is -2.23. The highest BCUT2D eigenvalue weighted by atomic mass is 32.1. The summed E-state index contributed by atoms with van der Waals surface area (Å²) in [6.45, 7) is 0. The van der Waals surface area contributed by atoms with Gasteiger partial charge in [0.05, 0.1) is 20.4 Å². The molecule has 114 valence electrons. The van der Waals surface area contributed by atoms with Gasteiger partial charge in [0.25, 0.3) is 0 Å². The Labute approximate surface area is 134 Å². The van der Waals surface area contributed by atoms with Gasteiger partial charge in [0.15, 0.2) is 5.11 Å². The maximum atomic E-state index is 5.16. The molecule has 2 rings (SSSR count). The number of nitrogens with zero attached hydrogens (tertiary/aromatic N) is 1. The fourth-order valence-corrected chi connectivity index (χ4v) is 1.86. The van der Waals surface area contributed by atoms with Gasteiger partial charge in [0.1, 0.15) is 11.5 Å². The lowest BCUT2D eigenvalue weighted by Gasteiger charge is -2.07. The molecule has 0 fully saturated rings. The molecule has 0 heterocycles. The predicted octanol–water partition coefficient (Wildman–Crippen LogP) is 3.02. The van der Waals surface area contributed by atoms with Crippen molar-refractivity contribution in [1.29, 1.82) is 0 Å². The first-order chi connectivity index (χ1) is 10.7. The van der Waals surface area contributed by atoms with Crippen LogP contribution in [0.15, 0.2) is 53.6 Å². The molecule has 6 heteroatoms. The molecule has 22 heavy (non-hydrogen) atoms. The minimum absolute atomic E-state index is 0.412. The van der Waals surface area contributed by atoms with E-state index in [-0.39, 0.29) is 0 Å². The van der Waals surface area contributed by atoms with Crippen molar-refractivity contribution in [3.8, 4) is 11.5 Å². The predicted molar refractivity (Wildman–Crippen MR) is 92.9 cm³/mol. The number of hydrogen-bond donors (Lipinski definition) is 2. The Morgan fingerprint density at radius 2 is 1.50 bits per heavy atom. The van der Waals surface area contributed by atoms with Crippen LogP contribution in [0.25, 0.3) is 0 Å². The highest BCUT2D eigenvalue weighted by Gasteiger charge is 1.97. The van der Waals surface area contributed by atoms with Gasteiger partial charge in [-0.2, -0.15) is 5.10 Å². The van der Waals surface area contributed by atoms with Crippen LogP contribution >= 0.6 is 12.2 Å². The Hall–Kier alpha value is -2.60. The van der Waals surface area contributed by atoms with E-state index in [1.54, 1.807) is 20.4 Å². The molecule has 0 spiro atoms. The molecule has 2 N–H and O–H groups in total. The summed E-state index contributed by atoms with van der Waals surface area (Å²) >= 11 is 5.16. The maximum absolute atomic E-state index is 5.16. The average molecular weight is 315 g/mol. The second-order valence-corrected chi connectivity index (χ2v) is 4.73. The van der Waals surface area contributed by atoms with Gasteiger partial charge in [-0.3, -0.25) is 5.43 Å². The van der Waals surface area contributed by atoms with Crippen LogP contribution in [0.4, 0.5) is 5.69 Å². The molecule has 0 bridgehead atoms. The topological polar surface area (TPSA) is 54.9 Å². The van der Waals surface area contributed by atoms with E-state index < -0.39 is 0 Å². The fraction of sp³-hybridized carbons (Fsp3) is 0.125. The van der Waals surface area contributed by atoms with Crippen LogP contribution in [-0.2, 0) is 0 Å². The highest BCUT2D eigenvalue weighted by molar-refractivity contribution is 7.80. The van der Waals surface area contributed by atoms with Gasteiger partial charge in [-0.15, -0.1) is 0 Å². The summed E-state index contributed by atoms with van der Waals surface area (Å²) < 4.78 is 10.2. The molecule has 2 aromatic rings. The number of nitrogens with one attached hydrogen (secondary N) is 2. The van der Waals surface area contributed by atoms with Crippen molar-refractivity contribution in [3.05, 3.63) is 54.1 Å². The van der Waals surface area contributed by atoms with Gasteiger partial charge >= 0.3 is 0 Å². The van der Waals surface area contributed by atoms with Crippen molar-refractivity contribution < 1.29 is 9.47 Å². The number of methoxy groups -OCH3 is 2. The zero-order chi connectivity index (χ0) is 15.8. The van der Waals surface area contributed by atoms with Gasteiger partial charge in [0, 0.05) is 5.69 Å². The normalized spacial score (nSPS) is 10.3. The van der Waals surface area contributed by atoms with Crippen molar-refractivity contribution in [2.75, 3.05) is 19.5 Å². The van der Waals surface area contributed by atoms with Crippen molar-refractivity contribution in [3.63, 3.8) is 0 Å². The quantitative estimate of drug-likeness (QED) is 0.505. The van der Waals surface area contributed by atoms with Crippen LogP contribution < -0.4 is 20.2 Å². The van der Waals surface area contributed by atoms with Crippen LogP contribution in [0.5, 0.6) is 11.5 Å². The third-order valence-corrected chi connectivity index (χ3v) is 3.04. The molecule has 0 aromatic heterocycles. The Morgan fingerprint density at radius 1 is 0.955 bits per heavy atom. The van der Waals surface area contributed by atoms with Crippen LogP contribution in [0.2, 0.25) is 0 Å². The summed E-state index contributed by atoms with van der Waals surface area (Å²) in [6, 6.07) is 15.0. The maximum Gasteiger partial charge on any atom is 0.191 e. The van der Waals surface area contributed by atoms with Crippen molar-refractivity contribution in [1.82, 2.24) is 5.43 Å². The minimum atomic E-state index is 0.412. The minimum Gasteiger partial charge on any atom is -0.497 e. The zero-order valence-electron chi connectivity index (χ0n) is 12.4. The van der Waals surface area contributed by atoms with Gasteiger partial charge in [0.2, 0.25) is 0 Å². The van der Waals surface area contributed by atoms with Crippen LogP contribution in [-0.4, -0.2) is 25.5 Å². The molecular formula is C16H17N3O2S. The molecule has 0 unspecified atom stereocenters. The van der Waals surface area contributed by atoms with E-state index in [0.717, 1.165) is 22.7 Å². The number of ether oxygens (including phenoxy) is 2. The molecule has 5 nitrogen and oxygen atoms in total. The molecule has 2 aromatic carbocycles. The van der Waals surface area contributed by atoms with Gasteiger partial charge < -0.3 is 14.8 Å². The fourth-order valence-electron chi connectivity index (χ4n) is 1.69. The SMILES string of the molecule is COc1ccc(/C=N\NC(=S)Nc2ccc(OC)cc2)cc1. The lowest BCUT2D eigenvalue weighted by molar-refractivity contribution is 0.414. The third kappa shape index (κ3) is 4.75. The van der Waals surface area contributed by atoms with Gasteiger partial charge in [-0.05, 0) is 66.3 Å². The summed E-state index contributed by atoms with van der Waals surface area (Å²) in [5, 5.41) is 7.52. The Kier molecular flexibility index (Phi) is 5.73. The molecule has 0 aliphatic carbocycles. The third-order valence-electron chi connectivity index (χ3n) is 2.84. The molecule has 0 aliphatic rings. The van der Waals surface area contributed by atoms with E-state index in [0.29, 0.717) is 5.11 Å². The van der Waals surface area contributed by atoms with Crippen LogP contribution in [0.3, 0.4) is 0 Å². The van der Waals surface area contributed by atoms with E-state index in [9.17, 15) is 0 Å². The van der Waals surface area contributed by atoms with E-state index in [1.165, 1.54) is 0 Å². The molecular weight excluding hydrogens is 298 g/mol. The second kappa shape index (κ2) is 7.99. The molecule has 0 amide bonds. The molecule has 0 saturated carbocycles. The van der Waals surface area contributed by atoms with E-state index in [1.807, 2.05) is 48.5 Å². The number of benzene rings is 2. The number of thiocarbonyl (C=S) groups is 1. The monoisotopic (exact) mass is 315 g/mol. The summed E-state index contributed by atoms with van der Waals surface area (Å²) in [5.74, 6) is 1.60. The Morgan fingerprint density at radius 3 is 2.05 bits per heavy atom. The van der Waals surface area contributed by atoms with Crippen LogP contribution in [0, 0.1) is 0 Å². The first-order valence-corrected chi connectivity index (χ1v) is 7.00. The number of hydrogen-bond acceptors (Lipinski definition) is 4.